The van der Waals surface area contributed by atoms with E-state index in [0.29, 0.717) is 0 Å². The van der Waals surface area contributed by atoms with Crippen molar-refractivity contribution in [2.75, 3.05) is 0 Å². The zero-order valence-electron chi connectivity index (χ0n) is 13.1. The van der Waals surface area contributed by atoms with E-state index >= 15 is 0 Å². The molecule has 0 radical (unpaired) electrons. The second-order valence-corrected chi connectivity index (χ2v) is 11.7. The van der Waals surface area contributed by atoms with E-state index in [2.05, 4.69) is 10.8 Å². The zero-order chi connectivity index (χ0) is 13.4. The molecule has 9 rings (SSSR count). The molecule has 9 fully saturated rings. The van der Waals surface area contributed by atoms with Crippen molar-refractivity contribution in [2.45, 2.75) is 74.0 Å². The van der Waals surface area contributed by atoms with Gasteiger partial charge in [0.2, 0.25) is 0 Å². The van der Waals surface area contributed by atoms with Crippen LogP contribution in [0.3, 0.4) is 0 Å². The average molecular weight is 304 g/mol. The second-order valence-electron chi connectivity index (χ2n) is 10.2. The summed E-state index contributed by atoms with van der Waals surface area (Å²) in [5, 5.41) is 0. The lowest BCUT2D eigenvalue weighted by atomic mass is 9.42. The average Bonchev–Trinajstić information content (AvgIpc) is 3.13. The number of hydrogen-bond donors (Lipinski definition) is 0. The van der Waals surface area contributed by atoms with E-state index in [1.165, 1.54) is 0 Å². The molecule has 0 aromatic rings. The fourth-order valence-electron chi connectivity index (χ4n) is 9.54. The van der Waals surface area contributed by atoms with Crippen molar-refractivity contribution in [3.63, 3.8) is 0 Å². The summed E-state index contributed by atoms with van der Waals surface area (Å²) in [7, 11) is 3.20. The largest absolute Gasteiger partial charge is 0.257 e. The van der Waals surface area contributed by atoms with Crippen molar-refractivity contribution in [3.05, 3.63) is 0 Å². The van der Waals surface area contributed by atoms with Gasteiger partial charge in [-0.25, -0.2) is 0 Å². The lowest BCUT2D eigenvalue weighted by molar-refractivity contribution is -0.590. The number of alkyl halides is 2. The van der Waals surface area contributed by atoms with E-state index in [1.54, 1.807) is 64.2 Å². The van der Waals surface area contributed by atoms with Crippen LogP contribution in [0.5, 0.6) is 0 Å². The minimum absolute atomic E-state index is 0.781. The number of halogens is 1. The SMILES string of the molecule is C1C2CC3CC1CC(C2)C31[Cl+]C12C1CC3CC(C1)CC2C3. The van der Waals surface area contributed by atoms with Crippen LogP contribution in [0.2, 0.25) is 0 Å². The Morgan fingerprint density at radius 2 is 0.714 bits per heavy atom. The normalized spacial score (nSPS) is 72.0. The van der Waals surface area contributed by atoms with Gasteiger partial charge >= 0.3 is 0 Å². The third-order valence-electron chi connectivity index (χ3n) is 9.52. The van der Waals surface area contributed by atoms with E-state index in [0.717, 1.165) is 57.1 Å². The lowest BCUT2D eigenvalue weighted by Crippen LogP contribution is -2.61. The first-order chi connectivity index (χ1) is 10.3. The summed E-state index contributed by atoms with van der Waals surface area (Å²) in [6.45, 7) is 0. The van der Waals surface area contributed by atoms with E-state index in [-0.39, 0.29) is 0 Å². The number of hydrogen-bond acceptors (Lipinski definition) is 0. The van der Waals surface area contributed by atoms with Gasteiger partial charge in [-0.3, -0.25) is 0 Å². The van der Waals surface area contributed by atoms with E-state index in [9.17, 15) is 0 Å². The molecule has 9 aliphatic rings. The molecule has 1 saturated heterocycles. The first kappa shape index (κ1) is 11.8. The molecule has 0 atom stereocenters. The van der Waals surface area contributed by atoms with Gasteiger partial charge in [-0.05, 0) is 87.9 Å². The van der Waals surface area contributed by atoms with Gasteiger partial charge in [0.1, 0.15) is 0 Å². The van der Waals surface area contributed by atoms with Crippen LogP contribution in [0, 0.1) is 58.1 Å². The van der Waals surface area contributed by atoms with Gasteiger partial charge in [0.25, 0.3) is 9.75 Å². The summed E-state index contributed by atoms with van der Waals surface area (Å²) in [4.78, 5) is 1.56. The van der Waals surface area contributed by atoms with Gasteiger partial charge in [-0.15, -0.1) is 0 Å². The minimum atomic E-state index is 0.781. The van der Waals surface area contributed by atoms with Crippen molar-refractivity contribution in [3.8, 4) is 0 Å². The Balaban J connectivity index is 1.34. The molecular weight excluding hydrogens is 276 g/mol. The third-order valence-corrected chi connectivity index (χ3v) is 11.8. The summed E-state index contributed by atoms with van der Waals surface area (Å²) < 4.78 is 0. The van der Waals surface area contributed by atoms with E-state index < -0.39 is 0 Å². The Kier molecular flexibility index (Phi) is 1.89. The molecule has 0 aromatic carbocycles. The molecule has 8 bridgehead atoms. The summed E-state index contributed by atoms with van der Waals surface area (Å²) in [6, 6.07) is 0. The van der Waals surface area contributed by atoms with Crippen LogP contribution < -0.4 is 0 Å². The fourth-order valence-corrected chi connectivity index (χ4v) is 12.0. The van der Waals surface area contributed by atoms with Gasteiger partial charge in [-0.2, -0.15) is 0 Å². The first-order valence-corrected chi connectivity index (χ1v) is 10.7. The topological polar surface area (TPSA) is 0 Å². The maximum absolute atomic E-state index is 3.20. The molecule has 0 amide bonds. The number of rotatable bonds is 0. The van der Waals surface area contributed by atoms with Crippen molar-refractivity contribution < 1.29 is 10.8 Å². The maximum Gasteiger partial charge on any atom is 0.257 e. The van der Waals surface area contributed by atoms with Crippen LogP contribution in [0.15, 0.2) is 0 Å². The molecule has 0 aromatic heterocycles. The molecule has 21 heavy (non-hydrogen) atoms. The molecule has 1 aliphatic heterocycles. The molecular formula is C20H28Cl+. The van der Waals surface area contributed by atoms with Crippen LogP contribution in [-0.2, 0) is 0 Å². The fraction of sp³-hybridized carbons (Fsp3) is 1.00. The molecule has 1 heterocycles. The Labute approximate surface area is 132 Å². The highest BCUT2D eigenvalue weighted by atomic mass is 35.5. The molecule has 1 heteroatoms. The first-order valence-electron chi connectivity index (χ1n) is 9.95. The summed E-state index contributed by atoms with van der Waals surface area (Å²) in [6.07, 6.45) is 16.3. The van der Waals surface area contributed by atoms with Crippen molar-refractivity contribution in [1.82, 2.24) is 0 Å². The smallest absolute Gasteiger partial charge is 0.0475 e. The van der Waals surface area contributed by atoms with Crippen molar-refractivity contribution in [2.24, 2.45) is 47.3 Å². The van der Waals surface area contributed by atoms with E-state index in [4.69, 9.17) is 0 Å². The van der Waals surface area contributed by atoms with Crippen LogP contribution >= 0.6 is 0 Å². The van der Waals surface area contributed by atoms with Gasteiger partial charge in [0.05, 0.1) is 0 Å². The Morgan fingerprint density at radius 3 is 1.00 bits per heavy atom. The molecule has 0 N–H and O–H groups in total. The summed E-state index contributed by atoms with van der Waals surface area (Å²) in [5.74, 6) is 9.16. The molecule has 0 unspecified atom stereocenters. The van der Waals surface area contributed by atoms with Crippen LogP contribution in [0.4, 0.5) is 0 Å². The molecule has 8 aliphatic carbocycles. The van der Waals surface area contributed by atoms with Crippen LogP contribution in [-0.4, -0.2) is 9.75 Å². The van der Waals surface area contributed by atoms with Crippen molar-refractivity contribution >= 4 is 0 Å². The van der Waals surface area contributed by atoms with Gasteiger partial charge in [0.15, 0.2) is 10.8 Å². The second kappa shape index (κ2) is 3.38. The Morgan fingerprint density at radius 1 is 0.429 bits per heavy atom. The molecule has 114 valence electrons. The zero-order valence-corrected chi connectivity index (χ0v) is 13.8. The van der Waals surface area contributed by atoms with E-state index in [1.807, 2.05) is 0 Å². The standard InChI is InChI=1S/C20H28Cl/c1-11-3-15-5-12(1)6-16(4-11)19(15)20(21-19)17-7-13-2-14(9-17)10-18(20)8-13/h11-18H,1-10H2/q+1. The van der Waals surface area contributed by atoms with Crippen LogP contribution in [0.1, 0.15) is 64.2 Å². The third kappa shape index (κ3) is 1.14. The van der Waals surface area contributed by atoms with Crippen molar-refractivity contribution in [1.29, 1.82) is 0 Å². The Bertz CT molecular complexity index is 418. The highest BCUT2D eigenvalue weighted by Gasteiger charge is 2.97. The summed E-state index contributed by atoms with van der Waals surface area (Å²) >= 11 is 0. The Hall–Kier alpha value is 0.290. The highest BCUT2D eigenvalue weighted by Crippen LogP contribution is 2.80. The maximum atomic E-state index is 3.20. The quantitative estimate of drug-likeness (QED) is 0.579. The predicted molar refractivity (Wildman–Crippen MR) is 79.6 cm³/mol. The lowest BCUT2D eigenvalue weighted by Gasteiger charge is -2.55. The predicted octanol–water partition coefficient (Wildman–Crippen LogP) is 4.47. The van der Waals surface area contributed by atoms with Gasteiger partial charge in [-0.1, -0.05) is 0 Å². The molecule has 2 spiro atoms. The molecule has 8 saturated carbocycles. The highest BCUT2D eigenvalue weighted by molar-refractivity contribution is 5.28. The summed E-state index contributed by atoms with van der Waals surface area (Å²) in [5.41, 5.74) is 0. The monoisotopic (exact) mass is 303 g/mol. The van der Waals surface area contributed by atoms with Gasteiger partial charge in [0, 0.05) is 23.7 Å². The molecule has 0 nitrogen and oxygen atoms in total. The van der Waals surface area contributed by atoms with Gasteiger partial charge < -0.3 is 0 Å². The van der Waals surface area contributed by atoms with Crippen LogP contribution in [0.25, 0.3) is 0 Å². The minimum Gasteiger partial charge on any atom is -0.0475 e.